The molecule has 4 nitrogen and oxygen atoms in total. The van der Waals surface area contributed by atoms with Gasteiger partial charge in [0, 0.05) is 36.4 Å². The number of hydrogen-bond acceptors (Lipinski definition) is 4. The van der Waals surface area contributed by atoms with E-state index in [1.165, 1.54) is 11.9 Å². The van der Waals surface area contributed by atoms with Gasteiger partial charge in [-0.05, 0) is 30.5 Å². The van der Waals surface area contributed by atoms with Gasteiger partial charge >= 0.3 is 0 Å². The fourth-order valence-electron chi connectivity index (χ4n) is 1.54. The van der Waals surface area contributed by atoms with Gasteiger partial charge in [0.25, 0.3) is 0 Å². The molecule has 1 unspecified atom stereocenters. The van der Waals surface area contributed by atoms with Gasteiger partial charge in [0.2, 0.25) is 0 Å². The topological polar surface area (TPSA) is 64.7 Å². The maximum absolute atomic E-state index is 6.05. The molecule has 0 aliphatic rings. The lowest BCUT2D eigenvalue weighted by molar-refractivity contribution is 0.645. The van der Waals surface area contributed by atoms with Gasteiger partial charge in [0.15, 0.2) is 0 Å². The van der Waals surface area contributed by atoms with Crippen molar-refractivity contribution < 1.29 is 0 Å². The van der Waals surface area contributed by atoms with Crippen LogP contribution in [0, 0.1) is 0 Å². The fourth-order valence-corrected chi connectivity index (χ4v) is 1.54. The molecule has 16 heavy (non-hydrogen) atoms. The Balaban J connectivity index is 1.92. The van der Waals surface area contributed by atoms with Crippen molar-refractivity contribution in [3.8, 4) is 0 Å². The zero-order valence-corrected chi connectivity index (χ0v) is 8.95. The number of rotatable bonds is 4. The van der Waals surface area contributed by atoms with Gasteiger partial charge in [-0.3, -0.25) is 4.98 Å². The van der Waals surface area contributed by atoms with Crippen molar-refractivity contribution in [2.75, 3.05) is 0 Å². The Bertz CT molecular complexity index is 416. The van der Waals surface area contributed by atoms with Crippen LogP contribution in [0.25, 0.3) is 0 Å². The quantitative estimate of drug-likeness (QED) is 0.837. The molecule has 2 rings (SSSR count). The molecule has 0 aliphatic heterocycles. The van der Waals surface area contributed by atoms with Gasteiger partial charge < -0.3 is 5.73 Å². The van der Waals surface area contributed by atoms with E-state index in [0.29, 0.717) is 0 Å². The summed E-state index contributed by atoms with van der Waals surface area (Å²) >= 11 is 0. The fraction of sp³-hybridized carbons (Fsp3) is 0.250. The lowest BCUT2D eigenvalue weighted by Crippen LogP contribution is -2.11. The van der Waals surface area contributed by atoms with Crippen LogP contribution in [-0.4, -0.2) is 15.0 Å². The average molecular weight is 214 g/mol. The predicted octanol–water partition coefficient (Wildman–Crippen LogP) is 1.50. The minimum Gasteiger partial charge on any atom is -0.324 e. The van der Waals surface area contributed by atoms with Gasteiger partial charge in [0.05, 0.1) is 0 Å². The number of aromatic nitrogens is 3. The van der Waals surface area contributed by atoms with Crippen LogP contribution >= 0.6 is 0 Å². The summed E-state index contributed by atoms with van der Waals surface area (Å²) in [5.41, 5.74) is 8.28. The van der Waals surface area contributed by atoms with E-state index in [9.17, 15) is 0 Å². The monoisotopic (exact) mass is 214 g/mol. The van der Waals surface area contributed by atoms with E-state index in [1.54, 1.807) is 24.8 Å². The summed E-state index contributed by atoms with van der Waals surface area (Å²) in [7, 11) is 0. The van der Waals surface area contributed by atoms with Gasteiger partial charge in [-0.15, -0.1) is 0 Å². The molecule has 0 aromatic carbocycles. The van der Waals surface area contributed by atoms with E-state index in [1.807, 2.05) is 12.1 Å². The molecule has 2 N–H and O–H groups in total. The molecule has 82 valence electrons. The van der Waals surface area contributed by atoms with Crippen LogP contribution in [0.4, 0.5) is 0 Å². The minimum absolute atomic E-state index is 0.00522. The Morgan fingerprint density at radius 3 is 2.44 bits per heavy atom. The Morgan fingerprint density at radius 2 is 1.75 bits per heavy atom. The molecule has 0 saturated carbocycles. The van der Waals surface area contributed by atoms with Gasteiger partial charge in [0.1, 0.15) is 6.33 Å². The van der Waals surface area contributed by atoms with E-state index in [0.717, 1.165) is 18.4 Å². The highest BCUT2D eigenvalue weighted by Crippen LogP contribution is 2.14. The van der Waals surface area contributed by atoms with Crippen LogP contribution in [0.3, 0.4) is 0 Å². The van der Waals surface area contributed by atoms with E-state index < -0.39 is 0 Å². The smallest absolute Gasteiger partial charge is 0.115 e. The van der Waals surface area contributed by atoms with Crippen LogP contribution in [-0.2, 0) is 6.42 Å². The summed E-state index contributed by atoms with van der Waals surface area (Å²) < 4.78 is 0. The molecular weight excluding hydrogens is 200 g/mol. The first kappa shape index (κ1) is 10.7. The Kier molecular flexibility index (Phi) is 3.56. The van der Waals surface area contributed by atoms with E-state index in [4.69, 9.17) is 5.73 Å². The van der Waals surface area contributed by atoms with Crippen molar-refractivity contribution in [2.45, 2.75) is 18.9 Å². The number of pyridine rings is 1. The predicted molar refractivity (Wildman–Crippen MR) is 61.5 cm³/mol. The zero-order chi connectivity index (χ0) is 11.2. The number of aryl methyl sites for hydroxylation is 1. The third-order valence-electron chi connectivity index (χ3n) is 2.50. The lowest BCUT2D eigenvalue weighted by atomic mass is 10.0. The SMILES string of the molecule is NC(CCc1ccncc1)c1cncnc1. The van der Waals surface area contributed by atoms with Gasteiger partial charge in [-0.2, -0.15) is 0 Å². The van der Waals surface area contributed by atoms with E-state index in [-0.39, 0.29) is 6.04 Å². The third-order valence-corrected chi connectivity index (χ3v) is 2.50. The minimum atomic E-state index is -0.00522. The van der Waals surface area contributed by atoms with Gasteiger partial charge in [-0.25, -0.2) is 9.97 Å². The summed E-state index contributed by atoms with van der Waals surface area (Å²) in [5, 5.41) is 0. The first-order valence-electron chi connectivity index (χ1n) is 5.25. The van der Waals surface area contributed by atoms with Crippen molar-refractivity contribution in [2.24, 2.45) is 5.73 Å². The van der Waals surface area contributed by atoms with Crippen molar-refractivity contribution in [3.63, 3.8) is 0 Å². The molecule has 0 fully saturated rings. The second-order valence-electron chi connectivity index (χ2n) is 3.67. The maximum atomic E-state index is 6.05. The van der Waals surface area contributed by atoms with Crippen molar-refractivity contribution in [3.05, 3.63) is 54.4 Å². The lowest BCUT2D eigenvalue weighted by Gasteiger charge is -2.10. The molecule has 0 radical (unpaired) electrons. The van der Waals surface area contributed by atoms with E-state index in [2.05, 4.69) is 15.0 Å². The van der Waals surface area contributed by atoms with Crippen LogP contribution in [0.15, 0.2) is 43.2 Å². The first-order valence-corrected chi connectivity index (χ1v) is 5.25. The summed E-state index contributed by atoms with van der Waals surface area (Å²) in [5.74, 6) is 0. The molecule has 0 amide bonds. The highest BCUT2D eigenvalue weighted by molar-refractivity contribution is 5.13. The van der Waals surface area contributed by atoms with Crippen LogP contribution < -0.4 is 5.73 Å². The van der Waals surface area contributed by atoms with Crippen molar-refractivity contribution >= 4 is 0 Å². The number of hydrogen-bond donors (Lipinski definition) is 1. The highest BCUT2D eigenvalue weighted by atomic mass is 14.8. The average Bonchev–Trinajstić information content (AvgIpc) is 2.38. The molecule has 2 heterocycles. The molecule has 0 aliphatic carbocycles. The summed E-state index contributed by atoms with van der Waals surface area (Å²) in [6.07, 6.45) is 10.5. The second-order valence-corrected chi connectivity index (χ2v) is 3.67. The van der Waals surface area contributed by atoms with Gasteiger partial charge in [-0.1, -0.05) is 0 Å². The van der Waals surface area contributed by atoms with Crippen molar-refractivity contribution in [1.82, 2.24) is 15.0 Å². The summed E-state index contributed by atoms with van der Waals surface area (Å²) in [6.45, 7) is 0. The second kappa shape index (κ2) is 5.32. The third kappa shape index (κ3) is 2.84. The summed E-state index contributed by atoms with van der Waals surface area (Å²) in [4.78, 5) is 11.9. The molecule has 1 atom stereocenters. The zero-order valence-electron chi connectivity index (χ0n) is 8.95. The highest BCUT2D eigenvalue weighted by Gasteiger charge is 2.06. The number of nitrogens with two attached hydrogens (primary N) is 1. The van der Waals surface area contributed by atoms with E-state index >= 15 is 0 Å². The molecule has 0 bridgehead atoms. The molecule has 0 saturated heterocycles. The molecule has 2 aromatic heterocycles. The molecular formula is C12H14N4. The Hall–Kier alpha value is -1.81. The van der Waals surface area contributed by atoms with Crippen LogP contribution in [0.2, 0.25) is 0 Å². The molecule has 4 heteroatoms. The maximum Gasteiger partial charge on any atom is 0.115 e. The standard InChI is InChI=1S/C12H14N4/c13-12(11-7-15-9-16-8-11)2-1-10-3-5-14-6-4-10/h3-9,12H,1-2,13H2. The Labute approximate surface area is 94.6 Å². The molecule has 2 aromatic rings. The van der Waals surface area contributed by atoms with Crippen molar-refractivity contribution in [1.29, 1.82) is 0 Å². The Morgan fingerprint density at radius 1 is 1.06 bits per heavy atom. The molecule has 0 spiro atoms. The summed E-state index contributed by atoms with van der Waals surface area (Å²) in [6, 6.07) is 4.01. The normalized spacial score (nSPS) is 12.3. The number of nitrogens with zero attached hydrogens (tertiary/aromatic N) is 3. The largest absolute Gasteiger partial charge is 0.324 e. The first-order chi connectivity index (χ1) is 7.86. The van der Waals surface area contributed by atoms with Crippen LogP contribution in [0.5, 0.6) is 0 Å². The van der Waals surface area contributed by atoms with Crippen LogP contribution in [0.1, 0.15) is 23.6 Å².